The lowest BCUT2D eigenvalue weighted by Gasteiger charge is -2.40. The average molecular weight is 358 g/mol. The molecule has 0 saturated carbocycles. The number of aromatic nitrogens is 2. The molecule has 1 saturated heterocycles. The van der Waals surface area contributed by atoms with Crippen molar-refractivity contribution < 1.29 is 9.15 Å². The van der Waals surface area contributed by atoms with Gasteiger partial charge >= 0.3 is 0 Å². The zero-order chi connectivity index (χ0) is 16.9. The number of nitrogens with zero attached hydrogens (tertiary/aromatic N) is 2. The van der Waals surface area contributed by atoms with E-state index in [0.717, 1.165) is 55.6 Å². The highest BCUT2D eigenvalue weighted by Crippen LogP contribution is 2.37. The molecule has 2 aliphatic heterocycles. The number of imidazole rings is 1. The van der Waals surface area contributed by atoms with Gasteiger partial charge in [0.1, 0.15) is 5.58 Å². The van der Waals surface area contributed by atoms with Gasteiger partial charge < -0.3 is 19.0 Å². The molecule has 5 rings (SSSR count). The average Bonchev–Trinajstić information content (AvgIpc) is 3.19. The summed E-state index contributed by atoms with van der Waals surface area (Å²) in [5, 5.41) is 5.25. The lowest BCUT2D eigenvalue weighted by molar-refractivity contribution is 0.0322. The fraction of sp³-hybridized carbons (Fsp3) is 0.421. The van der Waals surface area contributed by atoms with Crippen molar-refractivity contribution in [3.05, 3.63) is 52.8 Å². The molecule has 0 aliphatic carbocycles. The largest absolute Gasteiger partial charge is 0.444 e. The fourth-order valence-electron chi connectivity index (χ4n) is 4.23. The summed E-state index contributed by atoms with van der Waals surface area (Å²) in [4.78, 5) is 4.80. The molecule has 0 unspecified atom stereocenters. The van der Waals surface area contributed by atoms with Crippen LogP contribution in [-0.2, 0) is 23.2 Å². The summed E-state index contributed by atoms with van der Waals surface area (Å²) < 4.78 is 13.5. The number of furan rings is 1. The lowest BCUT2D eigenvalue weighted by atomic mass is 9.82. The van der Waals surface area contributed by atoms with Crippen LogP contribution in [0.3, 0.4) is 0 Å². The molecule has 0 amide bonds. The van der Waals surface area contributed by atoms with Crippen molar-refractivity contribution in [2.45, 2.75) is 31.3 Å². The molecule has 1 spiro atoms. The first kappa shape index (κ1) is 15.4. The molecule has 2 aliphatic rings. The maximum atomic E-state index is 6.38. The summed E-state index contributed by atoms with van der Waals surface area (Å²) in [6.45, 7) is 3.23. The Balaban J connectivity index is 1.55. The minimum Gasteiger partial charge on any atom is -0.444 e. The molecule has 1 N–H and O–H groups in total. The molecular weight excluding hydrogens is 338 g/mol. The van der Waals surface area contributed by atoms with Crippen molar-refractivity contribution in [2.75, 3.05) is 19.8 Å². The van der Waals surface area contributed by atoms with Gasteiger partial charge in [-0.1, -0.05) is 18.2 Å². The number of hydrogen-bond donors (Lipinski definition) is 1. The quantitative estimate of drug-likeness (QED) is 0.763. The normalized spacial score (nSPS) is 19.4. The molecule has 0 radical (unpaired) electrons. The van der Waals surface area contributed by atoms with Crippen molar-refractivity contribution in [2.24, 2.45) is 0 Å². The van der Waals surface area contributed by atoms with Crippen LogP contribution in [0.4, 0.5) is 0 Å². The van der Waals surface area contributed by atoms with Crippen LogP contribution < -0.4 is 5.32 Å². The van der Waals surface area contributed by atoms with E-state index in [1.165, 1.54) is 11.4 Å². The standard InChI is InChI=1S/C19H20ClN3O2/c20-18-14(13-3-1-2-4-16(13)25-18)11-23-12-21-17-15(23)5-8-22-19(17)6-9-24-10-7-19/h1-4,12,22H,5-11H2. The number of halogens is 1. The van der Waals surface area contributed by atoms with Gasteiger partial charge in [0.2, 0.25) is 0 Å². The Morgan fingerprint density at radius 1 is 1.24 bits per heavy atom. The third kappa shape index (κ3) is 2.41. The van der Waals surface area contributed by atoms with E-state index in [1.807, 2.05) is 24.5 Å². The molecule has 25 heavy (non-hydrogen) atoms. The second kappa shape index (κ2) is 5.87. The topological polar surface area (TPSA) is 52.2 Å². The van der Waals surface area contributed by atoms with E-state index in [1.54, 1.807) is 0 Å². The van der Waals surface area contributed by atoms with Crippen molar-refractivity contribution >= 4 is 22.6 Å². The summed E-state index contributed by atoms with van der Waals surface area (Å²) in [6.07, 6.45) is 4.89. The molecule has 6 heteroatoms. The number of ether oxygens (including phenoxy) is 1. The van der Waals surface area contributed by atoms with E-state index < -0.39 is 0 Å². The SMILES string of the molecule is Clc1oc2ccccc2c1Cn1cnc2c1CCNC21CCOCC1. The zero-order valence-corrected chi connectivity index (χ0v) is 14.7. The van der Waals surface area contributed by atoms with Crippen molar-refractivity contribution in [1.82, 2.24) is 14.9 Å². The van der Waals surface area contributed by atoms with Gasteiger partial charge in [0, 0.05) is 42.8 Å². The third-order valence-electron chi connectivity index (χ3n) is 5.55. The fourth-order valence-corrected chi connectivity index (χ4v) is 4.47. The van der Waals surface area contributed by atoms with Crippen LogP contribution in [0, 0.1) is 0 Å². The molecule has 4 heterocycles. The summed E-state index contributed by atoms with van der Waals surface area (Å²) in [6, 6.07) is 7.99. The molecule has 0 bridgehead atoms. The van der Waals surface area contributed by atoms with Crippen LogP contribution >= 0.6 is 11.6 Å². The van der Waals surface area contributed by atoms with E-state index in [-0.39, 0.29) is 5.54 Å². The summed E-state index contributed by atoms with van der Waals surface area (Å²) in [5.74, 6) is 0. The van der Waals surface area contributed by atoms with Crippen LogP contribution in [0.5, 0.6) is 0 Å². The van der Waals surface area contributed by atoms with Crippen LogP contribution in [0.1, 0.15) is 29.8 Å². The lowest BCUT2D eigenvalue weighted by Crippen LogP contribution is -2.51. The minimum atomic E-state index is -0.0284. The summed E-state index contributed by atoms with van der Waals surface area (Å²) >= 11 is 6.38. The maximum absolute atomic E-state index is 6.38. The first-order valence-corrected chi connectivity index (χ1v) is 9.18. The Labute approximate surface area is 150 Å². The van der Waals surface area contributed by atoms with Crippen LogP contribution in [0.25, 0.3) is 11.0 Å². The van der Waals surface area contributed by atoms with Crippen LogP contribution in [0.15, 0.2) is 35.0 Å². The van der Waals surface area contributed by atoms with Gasteiger partial charge in [-0.3, -0.25) is 0 Å². The van der Waals surface area contributed by atoms with Gasteiger partial charge in [0.05, 0.1) is 24.1 Å². The van der Waals surface area contributed by atoms with Crippen molar-refractivity contribution in [3.8, 4) is 0 Å². The van der Waals surface area contributed by atoms with Crippen molar-refractivity contribution in [1.29, 1.82) is 0 Å². The first-order chi connectivity index (χ1) is 12.3. The summed E-state index contributed by atoms with van der Waals surface area (Å²) in [5.41, 5.74) is 4.32. The number of benzene rings is 1. The predicted molar refractivity (Wildman–Crippen MR) is 96.0 cm³/mol. The van der Waals surface area contributed by atoms with E-state index in [2.05, 4.69) is 16.0 Å². The third-order valence-corrected chi connectivity index (χ3v) is 5.85. The van der Waals surface area contributed by atoms with E-state index >= 15 is 0 Å². The first-order valence-electron chi connectivity index (χ1n) is 8.80. The monoisotopic (exact) mass is 357 g/mol. The Morgan fingerprint density at radius 2 is 2.08 bits per heavy atom. The second-order valence-electron chi connectivity index (χ2n) is 6.89. The van der Waals surface area contributed by atoms with Gasteiger partial charge in [0.25, 0.3) is 0 Å². The number of fused-ring (bicyclic) bond motifs is 3. The number of hydrogen-bond acceptors (Lipinski definition) is 4. The molecule has 3 aromatic rings. The maximum Gasteiger partial charge on any atom is 0.199 e. The highest BCUT2D eigenvalue weighted by Gasteiger charge is 2.40. The molecule has 1 aromatic carbocycles. The second-order valence-corrected chi connectivity index (χ2v) is 7.23. The number of para-hydroxylation sites is 1. The van der Waals surface area contributed by atoms with E-state index in [4.69, 9.17) is 25.7 Å². The molecule has 0 atom stereocenters. The Morgan fingerprint density at radius 3 is 2.96 bits per heavy atom. The van der Waals surface area contributed by atoms with E-state index in [0.29, 0.717) is 11.8 Å². The van der Waals surface area contributed by atoms with Gasteiger partial charge in [-0.25, -0.2) is 4.98 Å². The molecular formula is C19H20ClN3O2. The Hall–Kier alpha value is -1.82. The molecule has 130 valence electrons. The smallest absolute Gasteiger partial charge is 0.199 e. The van der Waals surface area contributed by atoms with Gasteiger partial charge in [-0.2, -0.15) is 0 Å². The number of rotatable bonds is 2. The molecule has 5 nitrogen and oxygen atoms in total. The summed E-state index contributed by atoms with van der Waals surface area (Å²) in [7, 11) is 0. The highest BCUT2D eigenvalue weighted by molar-refractivity contribution is 6.30. The minimum absolute atomic E-state index is 0.0284. The Bertz CT molecular complexity index is 924. The van der Waals surface area contributed by atoms with Gasteiger partial charge in [-0.15, -0.1) is 0 Å². The highest BCUT2D eigenvalue weighted by atomic mass is 35.5. The van der Waals surface area contributed by atoms with E-state index in [9.17, 15) is 0 Å². The van der Waals surface area contributed by atoms with Crippen LogP contribution in [-0.4, -0.2) is 29.3 Å². The van der Waals surface area contributed by atoms with Crippen molar-refractivity contribution in [3.63, 3.8) is 0 Å². The Kier molecular flexibility index (Phi) is 3.62. The van der Waals surface area contributed by atoms with Gasteiger partial charge in [-0.05, 0) is 30.5 Å². The van der Waals surface area contributed by atoms with Crippen LogP contribution in [0.2, 0.25) is 5.22 Å². The molecule has 1 fully saturated rings. The van der Waals surface area contributed by atoms with Gasteiger partial charge in [0.15, 0.2) is 5.22 Å². The molecule has 2 aromatic heterocycles. The zero-order valence-electron chi connectivity index (χ0n) is 13.9. The number of nitrogens with one attached hydrogen (secondary N) is 1. The predicted octanol–water partition coefficient (Wildman–Crippen LogP) is 3.48.